The predicted molar refractivity (Wildman–Crippen MR) is 614 cm³/mol. The van der Waals surface area contributed by atoms with E-state index in [1.807, 2.05) is 298 Å². The summed E-state index contributed by atoms with van der Waals surface area (Å²) in [5.41, 5.74) is 14.7. The van der Waals surface area contributed by atoms with E-state index in [1.165, 1.54) is 60.5 Å². The molecule has 731 valence electrons. The van der Waals surface area contributed by atoms with Crippen LogP contribution in [0.2, 0.25) is 15.3 Å². The summed E-state index contributed by atoms with van der Waals surface area (Å²) in [6, 6.07) is 130. The minimum absolute atomic E-state index is 0.165. The third-order valence-electron chi connectivity index (χ3n) is 26.6. The van der Waals surface area contributed by atoms with Crippen molar-refractivity contribution in [1.82, 2.24) is 29.9 Å². The van der Waals surface area contributed by atoms with Crippen molar-refractivity contribution in [3.63, 3.8) is 0 Å². The maximum Gasteiger partial charge on any atom is 0.569 e. The van der Waals surface area contributed by atoms with Gasteiger partial charge in [-0.3, -0.25) is 0 Å². The molecular weight excluding hydrogens is 1960 g/mol. The van der Waals surface area contributed by atoms with E-state index in [9.17, 15) is 0 Å². The Balaban J connectivity index is 0.000000122. The van der Waals surface area contributed by atoms with Gasteiger partial charge in [-0.15, -0.1) is 0 Å². The highest BCUT2D eigenvalue weighted by Crippen LogP contribution is 2.45. The van der Waals surface area contributed by atoms with E-state index in [-0.39, 0.29) is 27.7 Å². The summed E-state index contributed by atoms with van der Waals surface area (Å²) in [6.45, 7) is 22.5. The molecule has 0 spiro atoms. The average Bonchev–Trinajstić information content (AvgIpc) is 1.59. The van der Waals surface area contributed by atoms with Crippen LogP contribution in [0.1, 0.15) is 94.2 Å². The van der Waals surface area contributed by atoms with Crippen LogP contribution in [0.5, 0.6) is 5.75 Å². The summed E-state index contributed by atoms with van der Waals surface area (Å²) < 4.78 is 41.9. The van der Waals surface area contributed by atoms with Gasteiger partial charge >= 0.3 is 21.7 Å². The van der Waals surface area contributed by atoms with E-state index in [2.05, 4.69) is 201 Å². The van der Waals surface area contributed by atoms with E-state index in [4.69, 9.17) is 105 Å². The van der Waals surface area contributed by atoms with Crippen molar-refractivity contribution >= 4 is 174 Å². The standard InChI is InChI=1S/C37H23N3O.C21H12ClN3O.C16H11B.C16H10Cl.C12H24B2O4.C10H8BO2.C6H4BrCl.C6H14O2/c1-2-9-26(10-3-1)35-38-36(27-17-14-25(15-18-27)29-19-16-24-8-4-5-11-28(24)22-29)40-37(39-35)30-20-21-32-31-12-6-7-13-33(31)41-34(32)23-30;22-21-24-19(13-6-2-1-3-7-13)23-20(25-21)14-10-11-16-15-8-4-5-9-17(15)26-18(16)12-14;2*17-16-9-7-13(8-10-16)15-6-5-12-3-1-2-4-14(12)11-15;1-9(2)10(3,4)16-13(15-9)14-17-11(5,6)12(7,8)18-14;12-11-13-10-6-5-8-3-1-2-4-9(8)7-10;7-5-1-3-6(8)4-2-5;1-5(2,7)6(3,4)8/h1-23H;1-12H;1-11H;1,3-11H;1-8H3;1-7,12H;1-4H;7-8H,1-4H3/q;;;+1;;;;. The Labute approximate surface area is 888 Å². The molecule has 0 amide bonds. The van der Waals surface area contributed by atoms with E-state index >= 15 is 0 Å². The summed E-state index contributed by atoms with van der Waals surface area (Å²) >= 11 is 20.9. The number of nitrogens with zero attached hydrogens (tertiary/aromatic N) is 6. The van der Waals surface area contributed by atoms with Crippen molar-refractivity contribution < 1.29 is 47.3 Å². The zero-order valence-electron chi connectivity index (χ0n) is 83.9. The first-order chi connectivity index (χ1) is 71.0. The molecule has 16 nitrogen and oxygen atoms in total. The van der Waals surface area contributed by atoms with Gasteiger partial charge in [0, 0.05) is 76.0 Å². The van der Waals surface area contributed by atoms with Crippen molar-refractivity contribution in [2.75, 3.05) is 0 Å². The molecule has 3 N–H and O–H groups in total. The van der Waals surface area contributed by atoms with Crippen molar-refractivity contribution in [3.05, 3.63) is 431 Å². The van der Waals surface area contributed by atoms with Crippen LogP contribution in [-0.2, 0) is 18.6 Å². The lowest BCUT2D eigenvalue weighted by molar-refractivity contribution is -0.107. The molecule has 21 aromatic rings. The number of benzene rings is 17. The SMILES string of the molecule is CC(C)(O)C(C)(C)O.CC1(C)OB(B2OC(C)(C)C(C)(C)O2)OC1(C)C.Clc1ccc(-c2ccc3c(c2)C=[C+]C=C3)cc1.Clc1ccc(Br)cc1.Clc1nc(-c2ccccc2)nc(-c2ccc3c(c2)oc2ccccc23)n1.O[B]Oc1ccc2ccccc2c1.[B]c1ccc(-c2ccc3ccccc3c2)cc1.c1ccc(-c2nc(-c3ccc(-c4ccc5ccccc5c4)cc3)nc(-c3ccc4c(c3)oc3ccccc34)n2)cc1. The average molecular weight is 2070 g/mol. The molecule has 2 fully saturated rings. The first-order valence-corrected chi connectivity index (χ1v) is 50.4. The molecule has 0 saturated carbocycles. The minimum Gasteiger partial charge on any atom is -0.537 e. The molecule has 0 unspecified atom stereocenters. The van der Waals surface area contributed by atoms with E-state index in [0.717, 1.165) is 108 Å². The number of aliphatic hydroxyl groups is 2. The van der Waals surface area contributed by atoms with Gasteiger partial charge in [0.1, 0.15) is 48.1 Å². The zero-order chi connectivity index (χ0) is 104. The Kier molecular flexibility index (Phi) is 32.6. The smallest absolute Gasteiger partial charge is 0.537 e. The highest BCUT2D eigenvalue weighted by Gasteiger charge is 2.64. The number of aromatic nitrogens is 6. The maximum absolute atomic E-state index is 9.10. The second kappa shape index (κ2) is 46.0. The Hall–Kier alpha value is -14.3. The lowest BCUT2D eigenvalue weighted by Crippen LogP contribution is -2.44. The number of allylic oxidation sites excluding steroid dienone is 2. The highest BCUT2D eigenvalue weighted by molar-refractivity contribution is 9.10. The van der Waals surface area contributed by atoms with Crippen molar-refractivity contribution in [2.24, 2.45) is 0 Å². The lowest BCUT2D eigenvalue weighted by Gasteiger charge is -2.32. The Morgan fingerprint density at radius 2 is 0.649 bits per heavy atom. The maximum atomic E-state index is 9.10. The fourth-order valence-electron chi connectivity index (χ4n) is 16.2. The van der Waals surface area contributed by atoms with Gasteiger partial charge in [-0.1, -0.05) is 324 Å². The number of halogens is 4. The van der Waals surface area contributed by atoms with Gasteiger partial charge in [-0.25, -0.2) is 19.9 Å². The molecule has 148 heavy (non-hydrogen) atoms. The Morgan fingerprint density at radius 3 is 1.08 bits per heavy atom. The number of furan rings is 2. The van der Waals surface area contributed by atoms with Crippen LogP contribution in [0.15, 0.2) is 408 Å². The van der Waals surface area contributed by atoms with Crippen LogP contribution in [0.4, 0.5) is 0 Å². The quantitative estimate of drug-likeness (QED) is 0.0767. The topological polar surface area (TPSA) is 210 Å². The van der Waals surface area contributed by atoms with Gasteiger partial charge < -0.3 is 47.3 Å². The van der Waals surface area contributed by atoms with Crippen LogP contribution < -0.4 is 10.1 Å². The zero-order valence-corrected chi connectivity index (χ0v) is 87.7. The summed E-state index contributed by atoms with van der Waals surface area (Å²) in [6.07, 6.45) is 9.12. The van der Waals surface area contributed by atoms with Gasteiger partial charge in [0.2, 0.25) is 5.28 Å². The Morgan fingerprint density at radius 1 is 0.324 bits per heavy atom. The molecule has 2 aliphatic heterocycles. The molecule has 3 radical (unpaired) electrons. The Bertz CT molecular complexity index is 8200. The second-order valence-corrected chi connectivity index (χ2v) is 40.9. The predicted octanol–water partition coefficient (Wildman–Crippen LogP) is 31.1. The number of rotatable bonds is 12. The van der Waals surface area contributed by atoms with Crippen LogP contribution in [-0.4, -0.2) is 108 Å². The number of hydrogen-bond acceptors (Lipinski definition) is 16. The highest BCUT2D eigenvalue weighted by atomic mass is 79.9. The van der Waals surface area contributed by atoms with E-state index in [1.54, 1.807) is 27.7 Å². The van der Waals surface area contributed by atoms with Gasteiger partial charge in [-0.2, -0.15) is 9.97 Å². The third kappa shape index (κ3) is 25.7. The third-order valence-corrected chi connectivity index (χ3v) is 27.8. The summed E-state index contributed by atoms with van der Waals surface area (Å²) in [5, 5.41) is 39.9. The van der Waals surface area contributed by atoms with Gasteiger partial charge in [0.05, 0.1) is 50.8 Å². The molecular formula is C124H106B4BrCl3N6O10+. The molecule has 17 aromatic carbocycles. The van der Waals surface area contributed by atoms with E-state index in [0.29, 0.717) is 42.6 Å². The van der Waals surface area contributed by atoms with Gasteiger partial charge in [0.25, 0.3) is 0 Å². The largest absolute Gasteiger partial charge is 0.569 e. The fraction of sp³-hybridized carbons (Fsp3) is 0.145. The lowest BCUT2D eigenvalue weighted by atomic mass is 9.49. The summed E-state index contributed by atoms with van der Waals surface area (Å²) in [7, 11) is 5.43. The number of fused-ring (bicyclic) bond motifs is 10. The normalized spacial score (nSPS) is 13.8. The second-order valence-electron chi connectivity index (χ2n) is 38.8. The molecule has 3 aliphatic rings. The van der Waals surface area contributed by atoms with Gasteiger partial charge in [-0.05, 0) is 264 Å². The molecule has 6 heterocycles. The molecule has 24 heteroatoms. The first kappa shape index (κ1) is 105. The molecule has 4 aromatic heterocycles. The van der Waals surface area contributed by atoms with Crippen molar-refractivity contribution in [2.45, 2.75) is 117 Å². The summed E-state index contributed by atoms with van der Waals surface area (Å²) in [4.78, 5) is 27.8. The van der Waals surface area contributed by atoms with Crippen LogP contribution >= 0.6 is 50.7 Å². The molecule has 24 rings (SSSR count). The van der Waals surface area contributed by atoms with Crippen LogP contribution in [0.25, 0.3) is 179 Å². The van der Waals surface area contributed by atoms with Crippen LogP contribution in [0, 0.1) is 6.08 Å². The number of para-hydroxylation sites is 2. The summed E-state index contributed by atoms with van der Waals surface area (Å²) in [5.74, 6) is 3.57. The van der Waals surface area contributed by atoms with Crippen molar-refractivity contribution in [3.8, 4) is 96.1 Å². The molecule has 2 saturated heterocycles. The molecule has 0 atom stereocenters. The molecule has 1 aliphatic carbocycles. The van der Waals surface area contributed by atoms with Crippen molar-refractivity contribution in [1.29, 1.82) is 0 Å². The monoisotopic (exact) mass is 2070 g/mol. The first-order valence-electron chi connectivity index (χ1n) is 48.4. The fourth-order valence-corrected chi connectivity index (χ4v) is 16.9. The van der Waals surface area contributed by atoms with Gasteiger partial charge in [0.15, 0.2) is 29.1 Å². The van der Waals surface area contributed by atoms with E-state index < -0.39 is 25.2 Å². The van der Waals surface area contributed by atoms with Crippen LogP contribution in [0.3, 0.4) is 0 Å². The number of hydrogen-bond donors (Lipinski definition) is 3. The molecule has 0 bridgehead atoms. The minimum atomic E-state index is -1.01.